The SMILES string of the molecule is Cc1nc(S(=O)(=O)N(C)C2CS(=O)(=O)C2(C)C)c(-c2ccccc2)o1. The number of benzene rings is 1. The largest absolute Gasteiger partial charge is 0.440 e. The monoisotopic (exact) mass is 384 g/mol. The quantitative estimate of drug-likeness (QED) is 0.798. The number of hydrogen-bond acceptors (Lipinski definition) is 6. The van der Waals surface area contributed by atoms with Crippen LogP contribution in [0.3, 0.4) is 0 Å². The highest BCUT2D eigenvalue weighted by Crippen LogP contribution is 2.40. The first kappa shape index (κ1) is 18.1. The van der Waals surface area contributed by atoms with E-state index < -0.39 is 30.6 Å². The number of sulfonamides is 1. The number of aromatic nitrogens is 1. The van der Waals surface area contributed by atoms with Crippen molar-refractivity contribution in [3.8, 4) is 11.3 Å². The van der Waals surface area contributed by atoms with Crippen LogP contribution in [-0.4, -0.2) is 49.7 Å². The second-order valence-electron chi connectivity index (χ2n) is 6.66. The maximum absolute atomic E-state index is 13.1. The average molecular weight is 384 g/mol. The third kappa shape index (κ3) is 2.70. The minimum atomic E-state index is -4.01. The molecule has 0 bridgehead atoms. The number of rotatable bonds is 4. The summed E-state index contributed by atoms with van der Waals surface area (Å²) in [5.74, 6) is 0.184. The molecule has 0 N–H and O–H groups in total. The first-order chi connectivity index (χ1) is 11.5. The van der Waals surface area contributed by atoms with Gasteiger partial charge in [-0.2, -0.15) is 4.31 Å². The molecule has 0 saturated carbocycles. The van der Waals surface area contributed by atoms with Crippen molar-refractivity contribution in [3.63, 3.8) is 0 Å². The van der Waals surface area contributed by atoms with Crippen LogP contribution in [0.25, 0.3) is 11.3 Å². The lowest BCUT2D eigenvalue weighted by Crippen LogP contribution is -2.66. The van der Waals surface area contributed by atoms with Gasteiger partial charge in [0.15, 0.2) is 21.5 Å². The fraction of sp³-hybridized carbons (Fsp3) is 0.438. The van der Waals surface area contributed by atoms with Gasteiger partial charge in [0.2, 0.25) is 5.03 Å². The Bertz CT molecular complexity index is 1010. The van der Waals surface area contributed by atoms with E-state index >= 15 is 0 Å². The summed E-state index contributed by atoms with van der Waals surface area (Å²) in [6.07, 6.45) is 0. The smallest absolute Gasteiger partial charge is 0.264 e. The fourth-order valence-corrected chi connectivity index (χ4v) is 6.52. The lowest BCUT2D eigenvalue weighted by Gasteiger charge is -2.47. The zero-order valence-electron chi connectivity index (χ0n) is 14.4. The van der Waals surface area contributed by atoms with Crippen molar-refractivity contribution in [3.05, 3.63) is 36.2 Å². The third-order valence-corrected chi connectivity index (χ3v) is 9.19. The van der Waals surface area contributed by atoms with Crippen molar-refractivity contribution in [1.82, 2.24) is 9.29 Å². The highest BCUT2D eigenvalue weighted by Gasteiger charge is 2.57. The minimum Gasteiger partial charge on any atom is -0.440 e. The van der Waals surface area contributed by atoms with Crippen LogP contribution in [0.1, 0.15) is 19.7 Å². The Morgan fingerprint density at radius 3 is 2.36 bits per heavy atom. The lowest BCUT2D eigenvalue weighted by atomic mass is 10.0. The van der Waals surface area contributed by atoms with E-state index in [1.807, 2.05) is 6.07 Å². The summed E-state index contributed by atoms with van der Waals surface area (Å²) >= 11 is 0. The maximum Gasteiger partial charge on any atom is 0.264 e. The molecule has 1 unspecified atom stereocenters. The topological polar surface area (TPSA) is 97.5 Å². The summed E-state index contributed by atoms with van der Waals surface area (Å²) in [6, 6.07) is 8.18. The molecule has 1 atom stereocenters. The Balaban J connectivity index is 2.05. The molecule has 2 aromatic rings. The zero-order valence-corrected chi connectivity index (χ0v) is 16.1. The molecule has 3 rings (SSSR count). The van der Waals surface area contributed by atoms with Gasteiger partial charge < -0.3 is 4.42 Å². The first-order valence-corrected chi connectivity index (χ1v) is 10.8. The van der Waals surface area contributed by atoms with Crippen molar-refractivity contribution >= 4 is 19.9 Å². The van der Waals surface area contributed by atoms with E-state index in [0.717, 1.165) is 4.31 Å². The van der Waals surface area contributed by atoms with Crippen molar-refractivity contribution in [2.45, 2.75) is 36.6 Å². The Labute approximate surface area is 147 Å². The van der Waals surface area contributed by atoms with Gasteiger partial charge in [-0.1, -0.05) is 30.3 Å². The molecule has 1 aromatic carbocycles. The first-order valence-electron chi connectivity index (χ1n) is 7.71. The number of oxazole rings is 1. The van der Waals surface area contributed by atoms with E-state index in [2.05, 4.69) is 4.98 Å². The molecule has 1 aliphatic rings. The summed E-state index contributed by atoms with van der Waals surface area (Å²) in [4.78, 5) is 4.06. The van der Waals surface area contributed by atoms with Crippen LogP contribution in [0, 0.1) is 6.92 Å². The Morgan fingerprint density at radius 2 is 1.84 bits per heavy atom. The van der Waals surface area contributed by atoms with Gasteiger partial charge in [0.05, 0.1) is 16.5 Å². The zero-order chi connectivity index (χ0) is 18.6. The Kier molecular flexibility index (Phi) is 4.09. The van der Waals surface area contributed by atoms with Crippen molar-refractivity contribution < 1.29 is 21.3 Å². The second kappa shape index (κ2) is 5.65. The molecule has 136 valence electrons. The van der Waals surface area contributed by atoms with Crippen molar-refractivity contribution in [2.24, 2.45) is 0 Å². The number of aryl methyl sites for hydroxylation is 1. The van der Waals surface area contributed by atoms with E-state index in [-0.39, 0.29) is 22.4 Å². The number of nitrogens with zero attached hydrogens (tertiary/aromatic N) is 2. The van der Waals surface area contributed by atoms with E-state index in [1.54, 1.807) is 31.2 Å². The van der Waals surface area contributed by atoms with Crippen molar-refractivity contribution in [1.29, 1.82) is 0 Å². The summed E-state index contributed by atoms with van der Waals surface area (Å²) in [5, 5.41) is -0.196. The van der Waals surface area contributed by atoms with Gasteiger partial charge in [-0.3, -0.25) is 0 Å². The molecule has 1 aliphatic heterocycles. The normalized spacial score (nSPS) is 21.9. The molecule has 2 heterocycles. The maximum atomic E-state index is 13.1. The molecule has 1 fully saturated rings. The van der Waals surface area contributed by atoms with Crippen LogP contribution < -0.4 is 0 Å². The van der Waals surface area contributed by atoms with Gasteiger partial charge in [0.25, 0.3) is 10.0 Å². The predicted molar refractivity (Wildman–Crippen MR) is 93.3 cm³/mol. The minimum absolute atomic E-state index is 0.157. The second-order valence-corrected chi connectivity index (χ2v) is 11.2. The van der Waals surface area contributed by atoms with E-state index in [0.29, 0.717) is 5.56 Å². The lowest BCUT2D eigenvalue weighted by molar-refractivity contribution is 0.295. The predicted octanol–water partition coefficient (Wildman–Crippen LogP) is 1.85. The van der Waals surface area contributed by atoms with Crippen LogP contribution in [0.2, 0.25) is 0 Å². The van der Waals surface area contributed by atoms with Gasteiger partial charge in [0, 0.05) is 19.5 Å². The fourth-order valence-electron chi connectivity index (χ4n) is 2.93. The van der Waals surface area contributed by atoms with Gasteiger partial charge in [0.1, 0.15) is 0 Å². The van der Waals surface area contributed by atoms with Gasteiger partial charge >= 0.3 is 0 Å². The molecule has 9 heteroatoms. The van der Waals surface area contributed by atoms with Crippen molar-refractivity contribution in [2.75, 3.05) is 12.8 Å². The van der Waals surface area contributed by atoms with E-state index in [4.69, 9.17) is 4.42 Å². The summed E-state index contributed by atoms with van der Waals surface area (Å²) in [7, 11) is -5.93. The van der Waals surface area contributed by atoms with E-state index in [9.17, 15) is 16.8 Å². The van der Waals surface area contributed by atoms with Crippen LogP contribution in [0.15, 0.2) is 39.8 Å². The molecular weight excluding hydrogens is 364 g/mol. The molecule has 0 aliphatic carbocycles. The highest BCUT2D eigenvalue weighted by atomic mass is 32.2. The van der Waals surface area contributed by atoms with Crippen LogP contribution >= 0.6 is 0 Å². The summed E-state index contributed by atoms with van der Waals surface area (Å²) in [6.45, 7) is 4.65. The van der Waals surface area contributed by atoms with Gasteiger partial charge in [-0.05, 0) is 13.8 Å². The molecular formula is C16H20N2O5S2. The van der Waals surface area contributed by atoms with Crippen LogP contribution in [0.4, 0.5) is 0 Å². The molecule has 0 amide bonds. The summed E-state index contributed by atoms with van der Waals surface area (Å²) in [5.41, 5.74) is 0.593. The van der Waals surface area contributed by atoms with E-state index in [1.165, 1.54) is 20.9 Å². The Morgan fingerprint density at radius 1 is 1.24 bits per heavy atom. The van der Waals surface area contributed by atoms with Crippen LogP contribution in [0.5, 0.6) is 0 Å². The van der Waals surface area contributed by atoms with Crippen LogP contribution in [-0.2, 0) is 19.9 Å². The molecule has 0 spiro atoms. The standard InChI is InChI=1S/C16H20N2O5S2/c1-11-17-15(14(23-11)12-8-6-5-7-9-12)25(21,22)18(4)13-10-24(19,20)16(13,2)3/h5-9,13H,10H2,1-4H3. The molecule has 25 heavy (non-hydrogen) atoms. The third-order valence-electron chi connectivity index (χ3n) is 4.78. The highest BCUT2D eigenvalue weighted by molar-refractivity contribution is 7.94. The molecule has 1 saturated heterocycles. The summed E-state index contributed by atoms with van der Waals surface area (Å²) < 4.78 is 55.6. The van der Waals surface area contributed by atoms with Gasteiger partial charge in [-0.25, -0.2) is 21.8 Å². The molecule has 0 radical (unpaired) electrons. The Hall–Kier alpha value is -1.71. The number of sulfone groups is 1. The number of hydrogen-bond donors (Lipinski definition) is 0. The molecule has 7 nitrogen and oxygen atoms in total. The molecule has 1 aromatic heterocycles. The average Bonchev–Trinajstić information content (AvgIpc) is 2.95. The van der Waals surface area contributed by atoms with Gasteiger partial charge in [-0.15, -0.1) is 0 Å².